The highest BCUT2D eigenvalue weighted by atomic mass is 16.5. The molecule has 98 valence electrons. The van der Waals surface area contributed by atoms with Gasteiger partial charge in [-0.05, 0) is 37.0 Å². The van der Waals surface area contributed by atoms with Crippen molar-refractivity contribution in [3.8, 4) is 0 Å². The third-order valence-electron chi connectivity index (χ3n) is 4.67. The molecule has 1 N–H and O–H groups in total. The lowest BCUT2D eigenvalue weighted by atomic mass is 9.57. The Morgan fingerprint density at radius 1 is 1.24 bits per heavy atom. The van der Waals surface area contributed by atoms with Crippen molar-refractivity contribution in [1.29, 1.82) is 0 Å². The Morgan fingerprint density at radius 2 is 2.06 bits per heavy atom. The largest absolute Gasteiger partial charge is 0.381 e. The fraction of sp³-hybridized carbons (Fsp3) is 1.00. The predicted molar refractivity (Wildman–Crippen MR) is 67.0 cm³/mol. The van der Waals surface area contributed by atoms with E-state index in [0.717, 1.165) is 32.3 Å². The molecule has 0 aromatic carbocycles. The van der Waals surface area contributed by atoms with Crippen molar-refractivity contribution in [3.05, 3.63) is 0 Å². The van der Waals surface area contributed by atoms with E-state index >= 15 is 0 Å². The minimum atomic E-state index is 0.143. The number of hydrogen-bond donors (Lipinski definition) is 1. The van der Waals surface area contributed by atoms with Crippen LogP contribution in [-0.4, -0.2) is 38.0 Å². The van der Waals surface area contributed by atoms with Crippen LogP contribution in [0.1, 0.15) is 39.5 Å². The summed E-state index contributed by atoms with van der Waals surface area (Å²) < 4.78 is 11.6. The maximum Gasteiger partial charge on any atom is 0.0845 e. The van der Waals surface area contributed by atoms with Crippen molar-refractivity contribution in [2.75, 3.05) is 26.4 Å². The van der Waals surface area contributed by atoms with Crippen LogP contribution in [0.25, 0.3) is 0 Å². The summed E-state index contributed by atoms with van der Waals surface area (Å²) in [6.07, 6.45) is 4.89. The number of nitrogens with one attached hydrogen (secondary N) is 1. The number of rotatable bonds is 2. The summed E-state index contributed by atoms with van der Waals surface area (Å²) >= 11 is 0. The highest BCUT2D eigenvalue weighted by Gasteiger charge is 2.56. The van der Waals surface area contributed by atoms with Crippen LogP contribution in [0, 0.1) is 11.3 Å². The fourth-order valence-electron chi connectivity index (χ4n) is 4.09. The van der Waals surface area contributed by atoms with Crippen molar-refractivity contribution in [2.24, 2.45) is 11.3 Å². The molecule has 3 rings (SSSR count). The Kier molecular flexibility index (Phi) is 2.96. The molecule has 17 heavy (non-hydrogen) atoms. The molecule has 3 nitrogen and oxygen atoms in total. The zero-order chi connectivity index (χ0) is 11.9. The van der Waals surface area contributed by atoms with Gasteiger partial charge >= 0.3 is 0 Å². The van der Waals surface area contributed by atoms with E-state index in [1.54, 1.807) is 0 Å². The van der Waals surface area contributed by atoms with Crippen LogP contribution < -0.4 is 5.32 Å². The molecule has 2 heterocycles. The van der Waals surface area contributed by atoms with E-state index in [4.69, 9.17) is 9.47 Å². The topological polar surface area (TPSA) is 30.5 Å². The Hall–Kier alpha value is -0.120. The first-order chi connectivity index (χ1) is 8.10. The Bertz CT molecular complexity index is 276. The number of morpholine rings is 1. The lowest BCUT2D eigenvalue weighted by Crippen LogP contribution is -2.66. The standard InChI is InChI=1S/C14H25NO2/c1-13(2)9-14(10-13)12(15-4-6-17-14)7-11-3-5-16-8-11/h11-12,15H,3-10H2,1-2H3. The summed E-state index contributed by atoms with van der Waals surface area (Å²) in [7, 11) is 0. The van der Waals surface area contributed by atoms with Crippen LogP contribution in [0.4, 0.5) is 0 Å². The molecule has 2 atom stereocenters. The van der Waals surface area contributed by atoms with Crippen LogP contribution in [0.15, 0.2) is 0 Å². The van der Waals surface area contributed by atoms with Crippen LogP contribution in [0.3, 0.4) is 0 Å². The molecule has 1 spiro atoms. The first kappa shape index (κ1) is 11.9. The van der Waals surface area contributed by atoms with Gasteiger partial charge in [0, 0.05) is 25.8 Å². The second kappa shape index (κ2) is 4.22. The zero-order valence-electron chi connectivity index (χ0n) is 11.1. The molecule has 0 aromatic rings. The molecule has 2 aliphatic heterocycles. The maximum absolute atomic E-state index is 6.16. The molecule has 2 saturated heterocycles. The Labute approximate surface area is 104 Å². The molecule has 0 amide bonds. The quantitative estimate of drug-likeness (QED) is 0.799. The highest BCUT2D eigenvalue weighted by Crippen LogP contribution is 2.53. The first-order valence-corrected chi connectivity index (χ1v) is 7.05. The third kappa shape index (κ3) is 2.25. The van der Waals surface area contributed by atoms with E-state index in [0.29, 0.717) is 11.5 Å². The summed E-state index contributed by atoms with van der Waals surface area (Å²) in [6.45, 7) is 8.51. The molecule has 3 heteroatoms. The second-order valence-corrected chi connectivity index (χ2v) is 6.90. The molecule has 0 radical (unpaired) electrons. The molecule has 3 fully saturated rings. The Morgan fingerprint density at radius 3 is 2.71 bits per heavy atom. The summed E-state index contributed by atoms with van der Waals surface area (Å²) in [6, 6.07) is 0.552. The van der Waals surface area contributed by atoms with Crippen molar-refractivity contribution in [2.45, 2.75) is 51.2 Å². The average Bonchev–Trinajstić information content (AvgIpc) is 2.71. The number of hydrogen-bond acceptors (Lipinski definition) is 3. The van der Waals surface area contributed by atoms with Crippen molar-refractivity contribution < 1.29 is 9.47 Å². The van der Waals surface area contributed by atoms with Crippen molar-refractivity contribution in [1.82, 2.24) is 5.32 Å². The maximum atomic E-state index is 6.16. The van der Waals surface area contributed by atoms with Gasteiger partial charge in [-0.1, -0.05) is 13.8 Å². The molecular weight excluding hydrogens is 214 g/mol. The van der Waals surface area contributed by atoms with E-state index in [-0.39, 0.29) is 5.60 Å². The van der Waals surface area contributed by atoms with Gasteiger partial charge in [0.1, 0.15) is 0 Å². The summed E-state index contributed by atoms with van der Waals surface area (Å²) in [5.41, 5.74) is 0.619. The van der Waals surface area contributed by atoms with E-state index in [9.17, 15) is 0 Å². The van der Waals surface area contributed by atoms with Gasteiger partial charge < -0.3 is 14.8 Å². The fourth-order valence-corrected chi connectivity index (χ4v) is 4.09. The van der Waals surface area contributed by atoms with E-state index in [2.05, 4.69) is 19.2 Å². The smallest absolute Gasteiger partial charge is 0.0845 e. The molecule has 1 saturated carbocycles. The van der Waals surface area contributed by atoms with Gasteiger partial charge in [0.05, 0.1) is 12.2 Å². The van der Waals surface area contributed by atoms with Crippen LogP contribution in [0.5, 0.6) is 0 Å². The predicted octanol–water partition coefficient (Wildman–Crippen LogP) is 1.96. The molecular formula is C14H25NO2. The van der Waals surface area contributed by atoms with Crippen molar-refractivity contribution in [3.63, 3.8) is 0 Å². The molecule has 1 aliphatic carbocycles. The van der Waals surface area contributed by atoms with Crippen LogP contribution in [-0.2, 0) is 9.47 Å². The van der Waals surface area contributed by atoms with Gasteiger partial charge in [-0.3, -0.25) is 0 Å². The molecule has 0 aromatic heterocycles. The van der Waals surface area contributed by atoms with Gasteiger partial charge in [0.2, 0.25) is 0 Å². The van der Waals surface area contributed by atoms with Gasteiger partial charge in [0.25, 0.3) is 0 Å². The zero-order valence-corrected chi connectivity index (χ0v) is 11.1. The van der Waals surface area contributed by atoms with Crippen molar-refractivity contribution >= 4 is 0 Å². The first-order valence-electron chi connectivity index (χ1n) is 7.05. The van der Waals surface area contributed by atoms with E-state index < -0.39 is 0 Å². The number of ether oxygens (including phenoxy) is 2. The van der Waals surface area contributed by atoms with Crippen LogP contribution >= 0.6 is 0 Å². The lowest BCUT2D eigenvalue weighted by molar-refractivity contribution is -0.196. The lowest BCUT2D eigenvalue weighted by Gasteiger charge is -2.58. The summed E-state index contributed by atoms with van der Waals surface area (Å²) in [5.74, 6) is 0.745. The highest BCUT2D eigenvalue weighted by molar-refractivity contribution is 5.09. The summed E-state index contributed by atoms with van der Waals surface area (Å²) in [4.78, 5) is 0. The average molecular weight is 239 g/mol. The van der Waals surface area contributed by atoms with Gasteiger partial charge in [-0.2, -0.15) is 0 Å². The van der Waals surface area contributed by atoms with Crippen LogP contribution in [0.2, 0.25) is 0 Å². The second-order valence-electron chi connectivity index (χ2n) is 6.90. The van der Waals surface area contributed by atoms with Gasteiger partial charge in [0.15, 0.2) is 0 Å². The molecule has 0 bridgehead atoms. The van der Waals surface area contributed by atoms with E-state index in [1.807, 2.05) is 0 Å². The third-order valence-corrected chi connectivity index (χ3v) is 4.67. The minimum Gasteiger partial charge on any atom is -0.381 e. The SMILES string of the molecule is CC1(C)CC2(C1)OCCNC2CC1CCOC1. The van der Waals surface area contributed by atoms with Gasteiger partial charge in [-0.15, -0.1) is 0 Å². The van der Waals surface area contributed by atoms with Gasteiger partial charge in [-0.25, -0.2) is 0 Å². The van der Waals surface area contributed by atoms with E-state index in [1.165, 1.54) is 25.7 Å². The Balaban J connectivity index is 1.64. The normalized spacial score (nSPS) is 39.2. The summed E-state index contributed by atoms with van der Waals surface area (Å²) in [5, 5.41) is 3.70. The molecule has 2 unspecified atom stereocenters. The molecule has 3 aliphatic rings. The minimum absolute atomic E-state index is 0.143. The monoisotopic (exact) mass is 239 g/mol.